The Morgan fingerprint density at radius 3 is 2.88 bits per heavy atom. The molecule has 5 heteroatoms. The smallest absolute Gasteiger partial charge is 0.247 e. The Labute approximate surface area is 97.4 Å². The van der Waals surface area contributed by atoms with Crippen LogP contribution in [0.25, 0.3) is 11.4 Å². The van der Waals surface area contributed by atoms with Crippen LogP contribution in [-0.4, -0.2) is 10.1 Å². The minimum Gasteiger partial charge on any atom is -0.337 e. The monoisotopic (exact) mass is 235 g/mol. The SMILES string of the molecule is NC1(c2nc(-c3cccc(Cl)c3)no2)CC1. The van der Waals surface area contributed by atoms with Crippen molar-refractivity contribution in [2.24, 2.45) is 5.73 Å². The third-order valence-corrected chi connectivity index (χ3v) is 2.96. The van der Waals surface area contributed by atoms with E-state index in [0.29, 0.717) is 16.7 Å². The first-order valence-corrected chi connectivity index (χ1v) is 5.44. The Bertz CT molecular complexity index is 534. The Balaban J connectivity index is 1.98. The molecule has 3 rings (SSSR count). The van der Waals surface area contributed by atoms with Gasteiger partial charge < -0.3 is 10.3 Å². The average molecular weight is 236 g/mol. The molecule has 0 atom stereocenters. The van der Waals surface area contributed by atoms with E-state index < -0.39 is 0 Å². The molecule has 0 radical (unpaired) electrons. The minimum absolute atomic E-state index is 0.385. The van der Waals surface area contributed by atoms with E-state index in [0.717, 1.165) is 18.4 Å². The van der Waals surface area contributed by atoms with Crippen molar-refractivity contribution < 1.29 is 4.52 Å². The van der Waals surface area contributed by atoms with Crippen LogP contribution in [0.4, 0.5) is 0 Å². The largest absolute Gasteiger partial charge is 0.337 e. The molecule has 1 aliphatic carbocycles. The molecule has 0 saturated heterocycles. The molecule has 0 bridgehead atoms. The van der Waals surface area contributed by atoms with E-state index in [4.69, 9.17) is 21.9 Å². The first-order valence-electron chi connectivity index (χ1n) is 5.06. The van der Waals surface area contributed by atoms with Gasteiger partial charge in [0.25, 0.3) is 0 Å². The number of rotatable bonds is 2. The van der Waals surface area contributed by atoms with Gasteiger partial charge in [0.2, 0.25) is 11.7 Å². The highest BCUT2D eigenvalue weighted by Crippen LogP contribution is 2.42. The van der Waals surface area contributed by atoms with E-state index >= 15 is 0 Å². The Morgan fingerprint density at radius 1 is 1.38 bits per heavy atom. The van der Waals surface area contributed by atoms with Crippen LogP contribution in [0.5, 0.6) is 0 Å². The second-order valence-electron chi connectivity index (χ2n) is 4.09. The van der Waals surface area contributed by atoms with Gasteiger partial charge in [0, 0.05) is 10.6 Å². The molecular weight excluding hydrogens is 226 g/mol. The maximum atomic E-state index is 5.97. The summed E-state index contributed by atoms with van der Waals surface area (Å²) in [6, 6.07) is 7.34. The summed E-state index contributed by atoms with van der Waals surface area (Å²) in [5.74, 6) is 1.05. The highest BCUT2D eigenvalue weighted by molar-refractivity contribution is 6.30. The molecule has 0 unspecified atom stereocenters. The van der Waals surface area contributed by atoms with Crippen molar-refractivity contribution in [1.29, 1.82) is 0 Å². The first-order chi connectivity index (χ1) is 7.67. The van der Waals surface area contributed by atoms with E-state index in [-0.39, 0.29) is 5.54 Å². The summed E-state index contributed by atoms with van der Waals surface area (Å²) in [6.07, 6.45) is 1.81. The predicted octanol–water partition coefficient (Wildman–Crippen LogP) is 2.34. The fraction of sp³-hybridized carbons (Fsp3) is 0.273. The third-order valence-electron chi connectivity index (χ3n) is 2.72. The second kappa shape index (κ2) is 3.30. The molecule has 2 N–H and O–H groups in total. The first kappa shape index (κ1) is 9.81. The highest BCUT2D eigenvalue weighted by Gasteiger charge is 2.45. The zero-order valence-electron chi connectivity index (χ0n) is 8.48. The van der Waals surface area contributed by atoms with Gasteiger partial charge in [0.15, 0.2) is 0 Å². The lowest BCUT2D eigenvalue weighted by Gasteiger charge is -1.98. The van der Waals surface area contributed by atoms with Crippen molar-refractivity contribution in [3.63, 3.8) is 0 Å². The van der Waals surface area contributed by atoms with Crippen LogP contribution in [0.3, 0.4) is 0 Å². The molecule has 1 aromatic heterocycles. The number of nitrogens with zero attached hydrogens (tertiary/aromatic N) is 2. The number of nitrogens with two attached hydrogens (primary N) is 1. The highest BCUT2D eigenvalue weighted by atomic mass is 35.5. The van der Waals surface area contributed by atoms with Gasteiger partial charge in [-0.25, -0.2) is 0 Å². The fourth-order valence-electron chi connectivity index (χ4n) is 1.52. The summed E-state index contributed by atoms with van der Waals surface area (Å²) >= 11 is 5.89. The quantitative estimate of drug-likeness (QED) is 0.868. The molecule has 1 heterocycles. The van der Waals surface area contributed by atoms with Crippen LogP contribution < -0.4 is 5.73 Å². The van der Waals surface area contributed by atoms with Crippen molar-refractivity contribution in [3.05, 3.63) is 35.2 Å². The van der Waals surface area contributed by atoms with Crippen molar-refractivity contribution in [1.82, 2.24) is 10.1 Å². The Kier molecular flexibility index (Phi) is 2.02. The normalized spacial score (nSPS) is 17.4. The summed E-state index contributed by atoms with van der Waals surface area (Å²) < 4.78 is 5.16. The zero-order chi connectivity index (χ0) is 11.2. The van der Waals surface area contributed by atoms with Gasteiger partial charge in [0.1, 0.15) is 0 Å². The van der Waals surface area contributed by atoms with Gasteiger partial charge >= 0.3 is 0 Å². The van der Waals surface area contributed by atoms with Crippen molar-refractivity contribution in [2.45, 2.75) is 18.4 Å². The van der Waals surface area contributed by atoms with Crippen LogP contribution in [0.15, 0.2) is 28.8 Å². The molecule has 1 aromatic carbocycles. The van der Waals surface area contributed by atoms with E-state index in [9.17, 15) is 0 Å². The van der Waals surface area contributed by atoms with Gasteiger partial charge in [-0.2, -0.15) is 4.98 Å². The van der Waals surface area contributed by atoms with E-state index in [1.165, 1.54) is 0 Å². The number of hydrogen-bond donors (Lipinski definition) is 1. The number of benzene rings is 1. The molecule has 82 valence electrons. The van der Waals surface area contributed by atoms with Gasteiger partial charge in [-0.1, -0.05) is 28.9 Å². The maximum absolute atomic E-state index is 5.97. The number of hydrogen-bond acceptors (Lipinski definition) is 4. The second-order valence-corrected chi connectivity index (χ2v) is 4.53. The molecule has 4 nitrogen and oxygen atoms in total. The van der Waals surface area contributed by atoms with Crippen molar-refractivity contribution in [3.8, 4) is 11.4 Å². The molecule has 16 heavy (non-hydrogen) atoms. The van der Waals surface area contributed by atoms with Gasteiger partial charge in [-0.05, 0) is 25.0 Å². The summed E-state index contributed by atoms with van der Waals surface area (Å²) in [6.45, 7) is 0. The standard InChI is InChI=1S/C11H10ClN3O/c12-8-3-1-2-7(6-8)9-14-10(16-15-9)11(13)4-5-11/h1-3,6H,4-5,13H2. The molecule has 0 spiro atoms. The average Bonchev–Trinajstić information content (AvgIpc) is 2.83. The van der Waals surface area contributed by atoms with Gasteiger partial charge in [-0.3, -0.25) is 0 Å². The lowest BCUT2D eigenvalue weighted by Crippen LogP contribution is -2.18. The molecule has 1 saturated carbocycles. The van der Waals surface area contributed by atoms with Crippen LogP contribution >= 0.6 is 11.6 Å². The van der Waals surface area contributed by atoms with Crippen LogP contribution in [0.1, 0.15) is 18.7 Å². The predicted molar refractivity (Wildman–Crippen MR) is 59.8 cm³/mol. The van der Waals surface area contributed by atoms with E-state index in [2.05, 4.69) is 10.1 Å². The minimum atomic E-state index is -0.385. The number of halogens is 1. The molecule has 0 aliphatic heterocycles. The fourth-order valence-corrected chi connectivity index (χ4v) is 1.71. The van der Waals surface area contributed by atoms with Crippen molar-refractivity contribution >= 4 is 11.6 Å². The molecule has 1 aliphatic rings. The van der Waals surface area contributed by atoms with Crippen LogP contribution in [0.2, 0.25) is 5.02 Å². The summed E-state index contributed by atoms with van der Waals surface area (Å²) in [7, 11) is 0. The molecular formula is C11H10ClN3O. The lowest BCUT2D eigenvalue weighted by atomic mass is 10.2. The Hall–Kier alpha value is -1.39. The van der Waals surface area contributed by atoms with Crippen LogP contribution in [0, 0.1) is 0 Å². The zero-order valence-corrected chi connectivity index (χ0v) is 9.24. The molecule has 0 amide bonds. The van der Waals surface area contributed by atoms with E-state index in [1.807, 2.05) is 12.1 Å². The Morgan fingerprint density at radius 2 is 2.19 bits per heavy atom. The maximum Gasteiger partial charge on any atom is 0.247 e. The van der Waals surface area contributed by atoms with Crippen molar-refractivity contribution in [2.75, 3.05) is 0 Å². The molecule has 1 fully saturated rings. The third kappa shape index (κ3) is 1.60. The summed E-state index contributed by atoms with van der Waals surface area (Å²) in [4.78, 5) is 4.29. The van der Waals surface area contributed by atoms with Crippen LogP contribution in [-0.2, 0) is 5.54 Å². The van der Waals surface area contributed by atoms with E-state index in [1.54, 1.807) is 12.1 Å². The molecule has 2 aromatic rings. The summed E-state index contributed by atoms with van der Waals surface area (Å²) in [5, 5.41) is 4.56. The topological polar surface area (TPSA) is 64.9 Å². The lowest BCUT2D eigenvalue weighted by molar-refractivity contribution is 0.348. The van der Waals surface area contributed by atoms with Gasteiger partial charge in [-0.15, -0.1) is 0 Å². The summed E-state index contributed by atoms with van der Waals surface area (Å²) in [5.41, 5.74) is 6.42. The van der Waals surface area contributed by atoms with Gasteiger partial charge in [0.05, 0.1) is 5.54 Å². The number of aromatic nitrogens is 2.